The van der Waals surface area contributed by atoms with Gasteiger partial charge in [-0.3, -0.25) is 5.10 Å². The summed E-state index contributed by atoms with van der Waals surface area (Å²) in [6.45, 7) is 1.65. The summed E-state index contributed by atoms with van der Waals surface area (Å²) in [7, 11) is 0. The first kappa shape index (κ1) is 18.3. The van der Waals surface area contributed by atoms with E-state index in [1.54, 1.807) is 0 Å². The minimum Gasteiger partial charge on any atom is -0.322 e. The molecule has 29 heavy (non-hydrogen) atoms. The van der Waals surface area contributed by atoms with Gasteiger partial charge in [-0.05, 0) is 16.7 Å². The highest BCUT2D eigenvalue weighted by molar-refractivity contribution is 5.65. The summed E-state index contributed by atoms with van der Waals surface area (Å²) in [4.78, 5) is 8.11. The summed E-state index contributed by atoms with van der Waals surface area (Å²) >= 11 is 0. The largest absolute Gasteiger partial charge is 0.322 e. The number of hydrogen-bond acceptors (Lipinski definition) is 6. The summed E-state index contributed by atoms with van der Waals surface area (Å²) in [6.07, 6.45) is 2.92. The predicted molar refractivity (Wildman–Crippen MR) is 111 cm³/mol. The molecule has 0 saturated heterocycles. The van der Waals surface area contributed by atoms with Gasteiger partial charge in [0.15, 0.2) is 11.5 Å². The molecule has 0 fully saturated rings. The maximum absolute atomic E-state index is 8.77. The molecular formula is C22H19N7. The predicted octanol–water partition coefficient (Wildman–Crippen LogP) is 3.77. The van der Waals surface area contributed by atoms with E-state index in [2.05, 4.69) is 67.2 Å². The highest BCUT2D eigenvalue weighted by Crippen LogP contribution is 2.21. The maximum Gasteiger partial charge on any atom is 0.158 e. The Labute approximate surface area is 168 Å². The van der Waals surface area contributed by atoms with Crippen LogP contribution < -0.4 is 10.6 Å². The van der Waals surface area contributed by atoms with Crippen molar-refractivity contribution >= 4 is 11.6 Å². The van der Waals surface area contributed by atoms with E-state index in [1.807, 2.05) is 30.3 Å². The Kier molecular flexibility index (Phi) is 5.55. The highest BCUT2D eigenvalue weighted by Gasteiger charge is 2.05. The van der Waals surface area contributed by atoms with Crippen LogP contribution in [0, 0.1) is 11.3 Å². The molecule has 4 aromatic rings. The Hall–Kier alpha value is -4.02. The van der Waals surface area contributed by atoms with E-state index in [1.165, 1.54) is 23.5 Å². The topological polar surface area (TPSA) is 102 Å². The van der Waals surface area contributed by atoms with Gasteiger partial charge in [-0.25, -0.2) is 9.97 Å². The van der Waals surface area contributed by atoms with Gasteiger partial charge in [0.2, 0.25) is 0 Å². The van der Waals surface area contributed by atoms with E-state index in [0.29, 0.717) is 11.6 Å². The van der Waals surface area contributed by atoms with Crippen LogP contribution >= 0.6 is 0 Å². The van der Waals surface area contributed by atoms with Crippen LogP contribution in [0.15, 0.2) is 73.1 Å². The number of aromatic nitrogens is 4. The number of nitrogens with zero attached hydrogens (tertiary/aromatic N) is 4. The number of nitrogens with one attached hydrogen (secondary N) is 3. The van der Waals surface area contributed by atoms with Gasteiger partial charge in [-0.15, -0.1) is 0 Å². The molecule has 7 heteroatoms. The van der Waals surface area contributed by atoms with Crippen molar-refractivity contribution in [2.24, 2.45) is 0 Å². The van der Waals surface area contributed by atoms with Crippen molar-refractivity contribution in [1.29, 1.82) is 5.26 Å². The lowest BCUT2D eigenvalue weighted by Crippen LogP contribution is -2.12. The van der Waals surface area contributed by atoms with Crippen molar-refractivity contribution < 1.29 is 0 Å². The van der Waals surface area contributed by atoms with E-state index in [-0.39, 0.29) is 5.69 Å². The lowest BCUT2D eigenvalue weighted by molar-refractivity contribution is 0.693. The SMILES string of the molecule is N#Cc1cnc(Nc2cc(-c3ccc(CNCc4ccccc4)cc3)[nH]n2)cn1. The number of H-pyrrole nitrogens is 1. The second-order valence-corrected chi connectivity index (χ2v) is 6.48. The molecule has 0 aliphatic carbocycles. The number of benzene rings is 2. The lowest BCUT2D eigenvalue weighted by atomic mass is 10.1. The summed E-state index contributed by atoms with van der Waals surface area (Å²) in [5, 5.41) is 22.6. The minimum atomic E-state index is 0.275. The minimum absolute atomic E-state index is 0.275. The van der Waals surface area contributed by atoms with Crippen molar-refractivity contribution in [3.8, 4) is 17.3 Å². The number of nitriles is 1. The quantitative estimate of drug-likeness (QED) is 0.450. The Balaban J connectivity index is 1.34. The molecule has 0 radical (unpaired) electrons. The molecule has 0 amide bonds. The molecule has 0 bridgehead atoms. The van der Waals surface area contributed by atoms with Crippen molar-refractivity contribution in [3.63, 3.8) is 0 Å². The lowest BCUT2D eigenvalue weighted by Gasteiger charge is -2.06. The summed E-state index contributed by atoms with van der Waals surface area (Å²) in [5.74, 6) is 1.16. The molecular weight excluding hydrogens is 362 g/mol. The first-order chi connectivity index (χ1) is 14.3. The molecule has 0 aliphatic heterocycles. The molecule has 4 rings (SSSR count). The molecule has 0 saturated carbocycles. The molecule has 0 unspecified atom stereocenters. The van der Waals surface area contributed by atoms with Gasteiger partial charge in [0.05, 0.1) is 18.1 Å². The van der Waals surface area contributed by atoms with E-state index in [0.717, 1.165) is 24.3 Å². The fraction of sp³-hybridized carbons (Fsp3) is 0.0909. The van der Waals surface area contributed by atoms with Crippen molar-refractivity contribution in [2.75, 3.05) is 5.32 Å². The fourth-order valence-corrected chi connectivity index (χ4v) is 2.86. The van der Waals surface area contributed by atoms with Crippen LogP contribution in [-0.4, -0.2) is 20.2 Å². The van der Waals surface area contributed by atoms with Crippen LogP contribution in [0.1, 0.15) is 16.8 Å². The van der Waals surface area contributed by atoms with Gasteiger partial charge in [0, 0.05) is 19.2 Å². The molecule has 0 spiro atoms. The Morgan fingerprint density at radius 1 is 0.862 bits per heavy atom. The number of hydrogen-bond donors (Lipinski definition) is 3. The molecule has 0 aliphatic rings. The van der Waals surface area contributed by atoms with Gasteiger partial charge >= 0.3 is 0 Å². The van der Waals surface area contributed by atoms with Crippen LogP contribution in [0.4, 0.5) is 11.6 Å². The zero-order chi connectivity index (χ0) is 19.9. The molecule has 0 atom stereocenters. The normalized spacial score (nSPS) is 10.4. The molecule has 7 nitrogen and oxygen atoms in total. The Bertz CT molecular complexity index is 1090. The van der Waals surface area contributed by atoms with Crippen molar-refractivity contribution in [2.45, 2.75) is 13.1 Å². The number of rotatable bonds is 7. The first-order valence-corrected chi connectivity index (χ1v) is 9.19. The van der Waals surface area contributed by atoms with E-state index < -0.39 is 0 Å². The van der Waals surface area contributed by atoms with Crippen molar-refractivity contribution in [3.05, 3.63) is 89.9 Å². The standard InChI is InChI=1S/C22H19N7/c23-11-19-14-26-22(15-25-19)27-21-10-20(28-29-21)18-8-6-17(7-9-18)13-24-12-16-4-2-1-3-5-16/h1-10,14-15,24H,12-13H2,(H2,26,27,28,29). The van der Waals surface area contributed by atoms with E-state index in [4.69, 9.17) is 5.26 Å². The highest BCUT2D eigenvalue weighted by atomic mass is 15.2. The van der Waals surface area contributed by atoms with Crippen LogP contribution in [0.3, 0.4) is 0 Å². The van der Waals surface area contributed by atoms with Gasteiger partial charge in [0.1, 0.15) is 11.9 Å². The zero-order valence-corrected chi connectivity index (χ0v) is 15.6. The van der Waals surface area contributed by atoms with E-state index in [9.17, 15) is 0 Å². The van der Waals surface area contributed by atoms with Crippen LogP contribution in [0.25, 0.3) is 11.3 Å². The summed E-state index contributed by atoms with van der Waals surface area (Å²) in [5.41, 5.74) is 4.71. The van der Waals surface area contributed by atoms with Gasteiger partial charge < -0.3 is 10.6 Å². The average molecular weight is 381 g/mol. The fourth-order valence-electron chi connectivity index (χ4n) is 2.86. The first-order valence-electron chi connectivity index (χ1n) is 9.19. The molecule has 3 N–H and O–H groups in total. The van der Waals surface area contributed by atoms with Crippen molar-refractivity contribution in [1.82, 2.24) is 25.5 Å². The summed E-state index contributed by atoms with van der Waals surface area (Å²) < 4.78 is 0. The monoisotopic (exact) mass is 381 g/mol. The van der Waals surface area contributed by atoms with Crippen LogP contribution in [-0.2, 0) is 13.1 Å². The smallest absolute Gasteiger partial charge is 0.158 e. The van der Waals surface area contributed by atoms with Gasteiger partial charge in [0.25, 0.3) is 0 Å². The average Bonchev–Trinajstić information content (AvgIpc) is 3.24. The van der Waals surface area contributed by atoms with Gasteiger partial charge in [-0.1, -0.05) is 54.6 Å². The molecule has 2 aromatic heterocycles. The van der Waals surface area contributed by atoms with Crippen LogP contribution in [0.5, 0.6) is 0 Å². The Morgan fingerprint density at radius 3 is 2.31 bits per heavy atom. The Morgan fingerprint density at radius 2 is 1.62 bits per heavy atom. The molecule has 142 valence electrons. The molecule has 2 aromatic carbocycles. The van der Waals surface area contributed by atoms with E-state index >= 15 is 0 Å². The zero-order valence-electron chi connectivity index (χ0n) is 15.6. The number of anilines is 2. The molecule has 2 heterocycles. The second-order valence-electron chi connectivity index (χ2n) is 6.48. The van der Waals surface area contributed by atoms with Crippen LogP contribution in [0.2, 0.25) is 0 Å². The second kappa shape index (κ2) is 8.78. The van der Waals surface area contributed by atoms with Gasteiger partial charge in [-0.2, -0.15) is 10.4 Å². The third-order valence-corrected chi connectivity index (χ3v) is 4.37. The number of aromatic amines is 1. The third-order valence-electron chi connectivity index (χ3n) is 4.37. The maximum atomic E-state index is 8.77. The summed E-state index contributed by atoms with van der Waals surface area (Å²) in [6, 6.07) is 22.5. The third kappa shape index (κ3) is 4.83.